The molecule has 2 atom stereocenters. The van der Waals surface area contributed by atoms with Crippen LogP contribution in [0.25, 0.3) is 11.3 Å². The molecule has 0 aliphatic heterocycles. The van der Waals surface area contributed by atoms with Crippen LogP contribution >= 0.6 is 11.6 Å². The Morgan fingerprint density at radius 3 is 2.31 bits per heavy atom. The van der Waals surface area contributed by atoms with Crippen molar-refractivity contribution in [3.05, 3.63) is 96.3 Å². The van der Waals surface area contributed by atoms with Crippen molar-refractivity contribution < 1.29 is 13.4 Å². The van der Waals surface area contributed by atoms with Crippen LogP contribution < -0.4 is 5.32 Å². The number of carbonyl (C=O) groups is 1. The second-order valence-electron chi connectivity index (χ2n) is 6.82. The lowest BCUT2D eigenvalue weighted by Crippen LogP contribution is -2.21. The molecule has 0 aliphatic carbocycles. The van der Waals surface area contributed by atoms with Gasteiger partial charge in [0.15, 0.2) is 5.82 Å². The van der Waals surface area contributed by atoms with Crippen molar-refractivity contribution in [2.24, 2.45) is 0 Å². The molecule has 0 aliphatic rings. The van der Waals surface area contributed by atoms with Gasteiger partial charge >= 0.3 is 0 Å². The molecule has 0 saturated heterocycles. The third-order valence-corrected chi connectivity index (χ3v) is 6.40. The van der Waals surface area contributed by atoms with Gasteiger partial charge in [0.2, 0.25) is 5.91 Å². The van der Waals surface area contributed by atoms with Crippen molar-refractivity contribution in [1.82, 2.24) is 15.0 Å². The van der Waals surface area contributed by atoms with Crippen LogP contribution in [0.1, 0.15) is 10.9 Å². The summed E-state index contributed by atoms with van der Waals surface area (Å²) >= 11 is 6.36. The molecular formula is C23H18ClFN4O2S. The average Bonchev–Trinajstić information content (AvgIpc) is 3.21. The zero-order chi connectivity index (χ0) is 22.5. The monoisotopic (exact) mass is 468 g/mol. The van der Waals surface area contributed by atoms with Crippen LogP contribution in [-0.4, -0.2) is 25.1 Å². The summed E-state index contributed by atoms with van der Waals surface area (Å²) in [6, 6.07) is 23.7. The lowest BCUT2D eigenvalue weighted by Gasteiger charge is -2.13. The molecule has 6 nitrogen and oxygen atoms in total. The van der Waals surface area contributed by atoms with Crippen LogP contribution in [0.15, 0.2) is 89.8 Å². The van der Waals surface area contributed by atoms with Crippen LogP contribution in [-0.2, 0) is 21.5 Å². The van der Waals surface area contributed by atoms with Crippen LogP contribution in [0.2, 0.25) is 0 Å². The lowest BCUT2D eigenvalue weighted by atomic mass is 10.1. The first kappa shape index (κ1) is 21.9. The van der Waals surface area contributed by atoms with Crippen molar-refractivity contribution in [3.8, 4) is 11.3 Å². The van der Waals surface area contributed by atoms with E-state index in [1.165, 1.54) is 16.8 Å². The summed E-state index contributed by atoms with van der Waals surface area (Å²) in [6.07, 6.45) is 0. The van der Waals surface area contributed by atoms with Crippen molar-refractivity contribution in [3.63, 3.8) is 0 Å². The standard InChI is InChI=1S/C23H18ClFN4O2S/c24-20(16-9-3-1-4-10-16)23(30)26-22-21(18-13-7-8-14-19(18)25)27-28-29(22)15-32(31)17-11-5-2-6-12-17/h1-14,20H,15H2,(H,26,30). The summed E-state index contributed by atoms with van der Waals surface area (Å²) in [5, 5.41) is 9.81. The van der Waals surface area contributed by atoms with E-state index in [-0.39, 0.29) is 23.0 Å². The van der Waals surface area contributed by atoms with E-state index in [2.05, 4.69) is 15.6 Å². The first-order valence-electron chi connectivity index (χ1n) is 9.66. The van der Waals surface area contributed by atoms with Crippen LogP contribution in [0, 0.1) is 5.82 Å². The Balaban J connectivity index is 1.69. The minimum atomic E-state index is -1.47. The molecule has 0 bridgehead atoms. The number of rotatable bonds is 7. The second kappa shape index (κ2) is 9.84. The van der Waals surface area contributed by atoms with Gasteiger partial charge in [-0.3, -0.25) is 9.00 Å². The number of aromatic nitrogens is 3. The molecule has 1 N–H and O–H groups in total. The highest BCUT2D eigenvalue weighted by Crippen LogP contribution is 2.30. The Hall–Kier alpha value is -3.36. The first-order chi connectivity index (χ1) is 15.5. The number of benzene rings is 3. The molecule has 1 heterocycles. The number of anilines is 1. The van der Waals surface area contributed by atoms with Crippen LogP contribution in [0.4, 0.5) is 10.2 Å². The van der Waals surface area contributed by atoms with Crippen LogP contribution in [0.3, 0.4) is 0 Å². The fourth-order valence-corrected chi connectivity index (χ4v) is 4.29. The van der Waals surface area contributed by atoms with Gasteiger partial charge in [0.25, 0.3) is 0 Å². The number of halogens is 2. The van der Waals surface area contributed by atoms with Crippen molar-refractivity contribution in [2.45, 2.75) is 16.1 Å². The van der Waals surface area contributed by atoms with Crippen LogP contribution in [0.5, 0.6) is 0 Å². The zero-order valence-corrected chi connectivity index (χ0v) is 18.3. The second-order valence-corrected chi connectivity index (χ2v) is 8.67. The number of nitrogens with one attached hydrogen (secondary N) is 1. The number of alkyl halides is 1. The quantitative estimate of drug-likeness (QED) is 0.396. The van der Waals surface area contributed by atoms with Gasteiger partial charge in [-0.25, -0.2) is 9.07 Å². The van der Waals surface area contributed by atoms with Gasteiger partial charge in [-0.05, 0) is 29.8 Å². The van der Waals surface area contributed by atoms with E-state index < -0.39 is 27.9 Å². The van der Waals surface area contributed by atoms with Crippen molar-refractivity contribution in [1.29, 1.82) is 0 Å². The number of nitrogens with zero attached hydrogens (tertiary/aromatic N) is 3. The summed E-state index contributed by atoms with van der Waals surface area (Å²) < 4.78 is 28.6. The lowest BCUT2D eigenvalue weighted by molar-refractivity contribution is -0.116. The SMILES string of the molecule is O=C(Nc1c(-c2ccccc2F)nnn1CS(=O)c1ccccc1)C(Cl)c1ccccc1. The number of amides is 1. The van der Waals surface area contributed by atoms with E-state index in [0.29, 0.717) is 10.5 Å². The predicted molar refractivity (Wildman–Crippen MR) is 122 cm³/mol. The molecular weight excluding hydrogens is 451 g/mol. The Labute approximate surface area is 191 Å². The third-order valence-electron chi connectivity index (χ3n) is 4.67. The van der Waals surface area contributed by atoms with E-state index in [1.807, 2.05) is 12.1 Å². The van der Waals surface area contributed by atoms with E-state index in [9.17, 15) is 13.4 Å². The average molecular weight is 469 g/mol. The minimum absolute atomic E-state index is 0.0840. The van der Waals surface area contributed by atoms with E-state index in [4.69, 9.17) is 11.6 Å². The maximum atomic E-state index is 14.5. The van der Waals surface area contributed by atoms with Gasteiger partial charge < -0.3 is 5.32 Å². The zero-order valence-electron chi connectivity index (χ0n) is 16.7. The summed E-state index contributed by atoms with van der Waals surface area (Å²) in [6.45, 7) is 0. The highest BCUT2D eigenvalue weighted by molar-refractivity contribution is 7.84. The van der Waals surface area contributed by atoms with Gasteiger partial charge in [0.05, 0.1) is 10.8 Å². The molecule has 9 heteroatoms. The highest BCUT2D eigenvalue weighted by Gasteiger charge is 2.24. The molecule has 32 heavy (non-hydrogen) atoms. The smallest absolute Gasteiger partial charge is 0.248 e. The fraction of sp³-hybridized carbons (Fsp3) is 0.0870. The van der Waals surface area contributed by atoms with Gasteiger partial charge in [0.1, 0.15) is 22.8 Å². The van der Waals surface area contributed by atoms with E-state index in [0.717, 1.165) is 0 Å². The normalized spacial score (nSPS) is 12.8. The van der Waals surface area contributed by atoms with E-state index >= 15 is 0 Å². The third kappa shape index (κ3) is 4.76. The molecule has 4 aromatic rings. The Morgan fingerprint density at radius 1 is 1.00 bits per heavy atom. The van der Waals surface area contributed by atoms with Crippen molar-refractivity contribution in [2.75, 3.05) is 5.32 Å². The Kier molecular flexibility index (Phi) is 6.72. The Bertz CT molecular complexity index is 1250. The summed E-state index contributed by atoms with van der Waals surface area (Å²) in [5.41, 5.74) is 0.884. The van der Waals surface area contributed by atoms with Crippen molar-refractivity contribution >= 4 is 34.1 Å². The number of hydrogen-bond donors (Lipinski definition) is 1. The molecule has 2 unspecified atom stereocenters. The number of hydrogen-bond acceptors (Lipinski definition) is 4. The summed E-state index contributed by atoms with van der Waals surface area (Å²) in [5.74, 6) is -1.03. The van der Waals surface area contributed by atoms with Gasteiger partial charge in [-0.15, -0.1) is 16.7 Å². The molecule has 0 saturated carbocycles. The maximum absolute atomic E-state index is 14.5. The summed E-state index contributed by atoms with van der Waals surface area (Å²) in [7, 11) is -1.47. The van der Waals surface area contributed by atoms with Gasteiger partial charge in [-0.1, -0.05) is 65.9 Å². The molecule has 1 amide bonds. The molecule has 162 valence electrons. The molecule has 0 radical (unpaired) electrons. The predicted octanol–water partition coefficient (Wildman–Crippen LogP) is 4.77. The molecule has 1 aromatic heterocycles. The van der Waals surface area contributed by atoms with Gasteiger partial charge in [-0.2, -0.15) is 0 Å². The highest BCUT2D eigenvalue weighted by atomic mass is 35.5. The van der Waals surface area contributed by atoms with E-state index in [1.54, 1.807) is 60.7 Å². The largest absolute Gasteiger partial charge is 0.307 e. The first-order valence-corrected chi connectivity index (χ1v) is 11.4. The minimum Gasteiger partial charge on any atom is -0.307 e. The van der Waals surface area contributed by atoms with Gasteiger partial charge in [0, 0.05) is 10.5 Å². The summed E-state index contributed by atoms with van der Waals surface area (Å²) in [4.78, 5) is 13.5. The Morgan fingerprint density at radius 2 is 1.62 bits per heavy atom. The maximum Gasteiger partial charge on any atom is 0.248 e. The number of carbonyl (C=O) groups excluding carboxylic acids is 1. The molecule has 0 spiro atoms. The molecule has 0 fully saturated rings. The topological polar surface area (TPSA) is 76.9 Å². The fourth-order valence-electron chi connectivity index (χ4n) is 3.07. The molecule has 4 rings (SSSR count). The molecule has 3 aromatic carbocycles.